The van der Waals surface area contributed by atoms with Gasteiger partial charge in [-0.05, 0) is 37.8 Å². The number of hydrogen-bond donors (Lipinski definition) is 2. The number of fused-ring (bicyclic) bond motifs is 2. The Morgan fingerprint density at radius 3 is 2.47 bits per heavy atom. The Morgan fingerprint density at radius 1 is 1.32 bits per heavy atom. The second-order valence-corrected chi connectivity index (χ2v) is 5.42. The maximum atomic E-state index is 10.8. The van der Waals surface area contributed by atoms with Gasteiger partial charge in [-0.25, -0.2) is 0 Å². The molecule has 0 radical (unpaired) electrons. The van der Waals surface area contributed by atoms with Crippen molar-refractivity contribution in [3.63, 3.8) is 0 Å². The van der Waals surface area contributed by atoms with Crippen molar-refractivity contribution < 1.29 is 10.0 Å². The Labute approximate surface area is 111 Å². The lowest BCUT2D eigenvalue weighted by molar-refractivity contribution is -0.383. The lowest BCUT2D eigenvalue weighted by Crippen LogP contribution is -2.44. The molecule has 2 aliphatic rings. The molecular formula is C13H17N3O3. The van der Waals surface area contributed by atoms with Crippen molar-refractivity contribution in [1.29, 1.82) is 0 Å². The molecule has 3 rings (SSSR count). The molecule has 6 heteroatoms. The van der Waals surface area contributed by atoms with Gasteiger partial charge in [-0.2, -0.15) is 0 Å². The second-order valence-electron chi connectivity index (χ2n) is 5.42. The van der Waals surface area contributed by atoms with E-state index >= 15 is 0 Å². The number of nitrogen functional groups attached to an aromatic ring is 1. The molecule has 1 aromatic rings. The lowest BCUT2D eigenvalue weighted by atomic mass is 9.99. The fourth-order valence-corrected chi connectivity index (χ4v) is 3.44. The number of nitrogens with zero attached hydrogens (tertiary/aromatic N) is 2. The summed E-state index contributed by atoms with van der Waals surface area (Å²) >= 11 is 0. The molecule has 19 heavy (non-hydrogen) atoms. The van der Waals surface area contributed by atoms with Crippen molar-refractivity contribution in [3.8, 4) is 0 Å². The number of rotatable bonds is 2. The summed E-state index contributed by atoms with van der Waals surface area (Å²) in [6, 6.07) is 5.57. The van der Waals surface area contributed by atoms with E-state index in [4.69, 9.17) is 5.73 Å². The van der Waals surface area contributed by atoms with E-state index in [0.29, 0.717) is 12.1 Å². The molecule has 3 N–H and O–H groups in total. The summed E-state index contributed by atoms with van der Waals surface area (Å²) in [6.07, 6.45) is 3.46. The van der Waals surface area contributed by atoms with Crippen molar-refractivity contribution >= 4 is 17.1 Å². The molecule has 2 unspecified atom stereocenters. The van der Waals surface area contributed by atoms with Crippen LogP contribution < -0.4 is 10.6 Å². The molecule has 2 aliphatic heterocycles. The van der Waals surface area contributed by atoms with Crippen LogP contribution in [0.3, 0.4) is 0 Å². The highest BCUT2D eigenvalue weighted by Crippen LogP contribution is 2.40. The van der Waals surface area contributed by atoms with E-state index in [1.807, 2.05) is 0 Å². The first-order valence-electron chi connectivity index (χ1n) is 6.56. The minimum Gasteiger partial charge on any atom is -0.393 e. The van der Waals surface area contributed by atoms with E-state index in [0.717, 1.165) is 31.4 Å². The third-order valence-electron chi connectivity index (χ3n) is 4.21. The number of nitro benzene ring substituents is 1. The molecule has 2 heterocycles. The van der Waals surface area contributed by atoms with Gasteiger partial charge in [0.05, 0.1) is 11.0 Å². The van der Waals surface area contributed by atoms with E-state index < -0.39 is 4.92 Å². The average molecular weight is 263 g/mol. The predicted molar refractivity (Wildman–Crippen MR) is 72.0 cm³/mol. The summed E-state index contributed by atoms with van der Waals surface area (Å²) in [5, 5.41) is 20.6. The van der Waals surface area contributed by atoms with Gasteiger partial charge in [-0.15, -0.1) is 0 Å². The number of benzene rings is 1. The number of hydrogen-bond acceptors (Lipinski definition) is 5. The van der Waals surface area contributed by atoms with Gasteiger partial charge in [0.2, 0.25) is 0 Å². The summed E-state index contributed by atoms with van der Waals surface area (Å²) in [6.45, 7) is 0. The van der Waals surface area contributed by atoms with Gasteiger partial charge in [-0.1, -0.05) is 0 Å². The van der Waals surface area contributed by atoms with Crippen LogP contribution in [-0.2, 0) is 0 Å². The number of nitrogens with two attached hydrogens (primary N) is 1. The zero-order chi connectivity index (χ0) is 13.6. The van der Waals surface area contributed by atoms with E-state index in [-0.39, 0.29) is 17.5 Å². The molecule has 102 valence electrons. The third-order valence-corrected chi connectivity index (χ3v) is 4.21. The number of nitro groups is 1. The van der Waals surface area contributed by atoms with Crippen LogP contribution >= 0.6 is 0 Å². The first-order chi connectivity index (χ1) is 9.06. The van der Waals surface area contributed by atoms with Gasteiger partial charge >= 0.3 is 0 Å². The van der Waals surface area contributed by atoms with Crippen LogP contribution in [0.5, 0.6) is 0 Å². The van der Waals surface area contributed by atoms with Crippen LogP contribution in [0.4, 0.5) is 17.1 Å². The minimum absolute atomic E-state index is 0.0480. The Balaban J connectivity index is 1.91. The topological polar surface area (TPSA) is 92.6 Å². The summed E-state index contributed by atoms with van der Waals surface area (Å²) in [7, 11) is 0. The summed E-state index contributed by atoms with van der Waals surface area (Å²) in [4.78, 5) is 12.6. The summed E-state index contributed by atoms with van der Waals surface area (Å²) < 4.78 is 0. The van der Waals surface area contributed by atoms with E-state index in [1.165, 1.54) is 6.07 Å². The second kappa shape index (κ2) is 4.38. The number of piperidine rings is 1. The van der Waals surface area contributed by atoms with Crippen LogP contribution in [0, 0.1) is 10.1 Å². The van der Waals surface area contributed by atoms with Crippen molar-refractivity contribution in [3.05, 3.63) is 28.3 Å². The van der Waals surface area contributed by atoms with Crippen molar-refractivity contribution in [2.45, 2.75) is 43.9 Å². The quantitative estimate of drug-likeness (QED) is 0.481. The van der Waals surface area contributed by atoms with Gasteiger partial charge in [0.1, 0.15) is 5.69 Å². The monoisotopic (exact) mass is 263 g/mol. The molecule has 0 spiro atoms. The molecule has 6 nitrogen and oxygen atoms in total. The van der Waals surface area contributed by atoms with E-state index in [2.05, 4.69) is 4.90 Å². The van der Waals surface area contributed by atoms with Crippen LogP contribution in [0.15, 0.2) is 18.2 Å². The van der Waals surface area contributed by atoms with Crippen molar-refractivity contribution in [2.75, 3.05) is 10.6 Å². The molecule has 0 aromatic heterocycles. The highest BCUT2D eigenvalue weighted by Gasteiger charge is 2.40. The standard InChI is InChI=1S/C13H17N3O3/c14-12-7-10(3-4-13(12)16(18)19)15-8-1-2-9(15)6-11(17)5-8/h3-4,7-9,11,17H,1-2,5-6,14H2. The Morgan fingerprint density at radius 2 is 1.95 bits per heavy atom. The SMILES string of the molecule is Nc1cc(N2C3CCC2CC(O)C3)ccc1[N+](=O)[O-]. The van der Waals surface area contributed by atoms with Crippen molar-refractivity contribution in [2.24, 2.45) is 0 Å². The number of aliphatic hydroxyl groups is 1. The normalized spacial score (nSPS) is 29.5. The maximum Gasteiger partial charge on any atom is 0.292 e. The zero-order valence-electron chi connectivity index (χ0n) is 10.5. The highest BCUT2D eigenvalue weighted by molar-refractivity contribution is 5.67. The maximum absolute atomic E-state index is 10.8. The van der Waals surface area contributed by atoms with Crippen molar-refractivity contribution in [1.82, 2.24) is 0 Å². The first kappa shape index (κ1) is 12.2. The molecule has 1 aromatic carbocycles. The van der Waals surface area contributed by atoms with E-state index in [1.54, 1.807) is 12.1 Å². The fourth-order valence-electron chi connectivity index (χ4n) is 3.44. The largest absolute Gasteiger partial charge is 0.393 e. The molecule has 2 saturated heterocycles. The molecular weight excluding hydrogens is 246 g/mol. The molecule has 2 fully saturated rings. The molecule has 2 bridgehead atoms. The van der Waals surface area contributed by atoms with Gasteiger partial charge in [0, 0.05) is 23.8 Å². The molecule has 0 amide bonds. The summed E-state index contributed by atoms with van der Waals surface area (Å²) in [5.74, 6) is 0. The number of aliphatic hydroxyl groups excluding tert-OH is 1. The Kier molecular flexibility index (Phi) is 2.82. The average Bonchev–Trinajstić information content (AvgIpc) is 2.61. The van der Waals surface area contributed by atoms with Crippen LogP contribution in [0.25, 0.3) is 0 Å². The van der Waals surface area contributed by atoms with Crippen LogP contribution in [-0.4, -0.2) is 28.2 Å². The smallest absolute Gasteiger partial charge is 0.292 e. The Bertz CT molecular complexity index is 506. The molecule has 2 atom stereocenters. The first-order valence-corrected chi connectivity index (χ1v) is 6.56. The molecule has 0 saturated carbocycles. The third kappa shape index (κ3) is 2.02. The lowest BCUT2D eigenvalue weighted by Gasteiger charge is -2.39. The van der Waals surface area contributed by atoms with Gasteiger partial charge in [0.15, 0.2) is 0 Å². The zero-order valence-corrected chi connectivity index (χ0v) is 10.5. The highest BCUT2D eigenvalue weighted by atomic mass is 16.6. The predicted octanol–water partition coefficient (Wildman–Crippen LogP) is 1.67. The van der Waals surface area contributed by atoms with Gasteiger partial charge in [0.25, 0.3) is 5.69 Å². The van der Waals surface area contributed by atoms with E-state index in [9.17, 15) is 15.2 Å². The summed E-state index contributed by atoms with van der Waals surface area (Å²) in [5.41, 5.74) is 6.84. The molecule has 0 aliphatic carbocycles. The van der Waals surface area contributed by atoms with Crippen LogP contribution in [0.1, 0.15) is 25.7 Å². The van der Waals surface area contributed by atoms with Gasteiger partial charge < -0.3 is 15.7 Å². The fraction of sp³-hybridized carbons (Fsp3) is 0.538. The minimum atomic E-state index is -0.465. The van der Waals surface area contributed by atoms with Gasteiger partial charge in [-0.3, -0.25) is 10.1 Å². The number of anilines is 2. The Hall–Kier alpha value is -1.82. The van der Waals surface area contributed by atoms with Crippen LogP contribution in [0.2, 0.25) is 0 Å².